The molecule has 2 aliphatic carbocycles. The van der Waals surface area contributed by atoms with Crippen LogP contribution in [0.5, 0.6) is 0 Å². The molecule has 1 fully saturated rings. The molecule has 4 atom stereocenters. The molecule has 0 spiro atoms. The van der Waals surface area contributed by atoms with E-state index in [0.29, 0.717) is 11.8 Å². The summed E-state index contributed by atoms with van der Waals surface area (Å²) in [6.45, 7) is 8.24. The Morgan fingerprint density at radius 1 is 1.47 bits per heavy atom. The minimum Gasteiger partial charge on any atom is -0.458 e. The van der Waals surface area contributed by atoms with Crippen LogP contribution in [0.15, 0.2) is 23.3 Å². The van der Waals surface area contributed by atoms with E-state index < -0.39 is 0 Å². The normalized spacial score (nSPS) is 36.6. The van der Waals surface area contributed by atoms with Gasteiger partial charge in [-0.15, -0.1) is 0 Å². The lowest BCUT2D eigenvalue weighted by Crippen LogP contribution is -2.20. The molecule has 2 nitrogen and oxygen atoms in total. The van der Waals surface area contributed by atoms with Gasteiger partial charge >= 0.3 is 5.97 Å². The zero-order valence-corrected chi connectivity index (χ0v) is 12.6. The first-order chi connectivity index (χ1) is 9.01. The standard InChI is InChI=1S/C17H26O2/c1-5-6-14-9-16-11(2)7-15(19-13(4)18)8-12(3)17(16)10-14/h6-7,12,15-17H,5,8-10H2,1-4H3. The van der Waals surface area contributed by atoms with Crippen molar-refractivity contribution in [2.75, 3.05) is 0 Å². The molecule has 0 radical (unpaired) electrons. The smallest absolute Gasteiger partial charge is 0.303 e. The van der Waals surface area contributed by atoms with E-state index in [1.165, 1.54) is 25.3 Å². The van der Waals surface area contributed by atoms with E-state index >= 15 is 0 Å². The quantitative estimate of drug-likeness (QED) is 0.549. The number of carbonyl (C=O) groups is 1. The third-order valence-corrected chi connectivity index (χ3v) is 4.68. The van der Waals surface area contributed by atoms with Crippen molar-refractivity contribution in [2.24, 2.45) is 17.8 Å². The first-order valence-corrected chi connectivity index (χ1v) is 7.54. The number of esters is 1. The Bertz CT molecular complexity index is 405. The zero-order valence-electron chi connectivity index (χ0n) is 12.6. The van der Waals surface area contributed by atoms with Crippen molar-refractivity contribution in [3.8, 4) is 0 Å². The van der Waals surface area contributed by atoms with Crippen LogP contribution in [0, 0.1) is 17.8 Å². The molecule has 2 aliphatic rings. The SMILES string of the molecule is CCC=C1CC2C(C)=CC(OC(C)=O)CC(C)C2C1. The van der Waals surface area contributed by atoms with E-state index in [1.54, 1.807) is 5.57 Å². The third kappa shape index (κ3) is 3.29. The van der Waals surface area contributed by atoms with E-state index in [0.717, 1.165) is 18.8 Å². The number of fused-ring (bicyclic) bond motifs is 1. The molecule has 4 unspecified atom stereocenters. The Labute approximate surface area is 116 Å². The van der Waals surface area contributed by atoms with Crippen molar-refractivity contribution in [1.82, 2.24) is 0 Å². The lowest BCUT2D eigenvalue weighted by molar-refractivity contribution is -0.144. The van der Waals surface area contributed by atoms with Crippen molar-refractivity contribution in [3.05, 3.63) is 23.3 Å². The first-order valence-electron chi connectivity index (χ1n) is 7.54. The van der Waals surface area contributed by atoms with Crippen LogP contribution in [0.2, 0.25) is 0 Å². The molecule has 0 saturated heterocycles. The molecule has 0 aromatic heterocycles. The van der Waals surface area contributed by atoms with Crippen LogP contribution in [-0.2, 0) is 9.53 Å². The van der Waals surface area contributed by atoms with Crippen LogP contribution in [-0.4, -0.2) is 12.1 Å². The fourth-order valence-corrected chi connectivity index (χ4v) is 3.84. The highest BCUT2D eigenvalue weighted by atomic mass is 16.5. The predicted molar refractivity (Wildman–Crippen MR) is 77.7 cm³/mol. The van der Waals surface area contributed by atoms with Crippen molar-refractivity contribution in [3.63, 3.8) is 0 Å². The van der Waals surface area contributed by atoms with Gasteiger partial charge in [-0.05, 0) is 56.4 Å². The maximum Gasteiger partial charge on any atom is 0.303 e. The Kier molecular flexibility index (Phi) is 4.49. The summed E-state index contributed by atoms with van der Waals surface area (Å²) in [5.41, 5.74) is 3.04. The highest BCUT2D eigenvalue weighted by Crippen LogP contribution is 2.47. The molecule has 0 heterocycles. The summed E-state index contributed by atoms with van der Waals surface area (Å²) >= 11 is 0. The van der Waals surface area contributed by atoms with Gasteiger partial charge in [-0.25, -0.2) is 0 Å². The van der Waals surface area contributed by atoms with Crippen LogP contribution in [0.4, 0.5) is 0 Å². The Morgan fingerprint density at radius 3 is 2.84 bits per heavy atom. The van der Waals surface area contributed by atoms with E-state index in [1.807, 2.05) is 0 Å². The Balaban J connectivity index is 2.17. The summed E-state index contributed by atoms with van der Waals surface area (Å²) in [4.78, 5) is 11.2. The Morgan fingerprint density at radius 2 is 2.21 bits per heavy atom. The van der Waals surface area contributed by atoms with Gasteiger partial charge in [-0.3, -0.25) is 4.79 Å². The Hall–Kier alpha value is -1.05. The predicted octanol–water partition coefficient (Wildman–Crippen LogP) is 4.27. The van der Waals surface area contributed by atoms with Crippen LogP contribution < -0.4 is 0 Å². The second kappa shape index (κ2) is 5.94. The number of rotatable bonds is 2. The molecule has 19 heavy (non-hydrogen) atoms. The van der Waals surface area contributed by atoms with Crippen LogP contribution in [0.1, 0.15) is 53.4 Å². The summed E-state index contributed by atoms with van der Waals surface area (Å²) < 4.78 is 5.42. The maximum atomic E-state index is 11.2. The van der Waals surface area contributed by atoms with Gasteiger partial charge in [0.1, 0.15) is 6.10 Å². The monoisotopic (exact) mass is 262 g/mol. The van der Waals surface area contributed by atoms with Crippen LogP contribution in [0.25, 0.3) is 0 Å². The topological polar surface area (TPSA) is 26.3 Å². The van der Waals surface area contributed by atoms with Crippen LogP contribution in [0.3, 0.4) is 0 Å². The maximum absolute atomic E-state index is 11.2. The van der Waals surface area contributed by atoms with E-state index in [4.69, 9.17) is 4.74 Å². The second-order valence-corrected chi connectivity index (χ2v) is 6.22. The summed E-state index contributed by atoms with van der Waals surface area (Å²) in [7, 11) is 0. The molecular formula is C17H26O2. The lowest BCUT2D eigenvalue weighted by Gasteiger charge is -2.23. The average molecular weight is 262 g/mol. The lowest BCUT2D eigenvalue weighted by atomic mass is 9.82. The highest BCUT2D eigenvalue weighted by Gasteiger charge is 2.38. The summed E-state index contributed by atoms with van der Waals surface area (Å²) in [6, 6.07) is 0. The molecule has 2 rings (SSSR count). The number of allylic oxidation sites excluding steroid dienone is 3. The molecule has 0 bridgehead atoms. The van der Waals surface area contributed by atoms with E-state index in [2.05, 4.69) is 32.9 Å². The fourth-order valence-electron chi connectivity index (χ4n) is 3.84. The van der Waals surface area contributed by atoms with Gasteiger partial charge in [0.2, 0.25) is 0 Å². The van der Waals surface area contributed by atoms with Crippen molar-refractivity contribution >= 4 is 5.97 Å². The van der Waals surface area contributed by atoms with Gasteiger partial charge in [0.15, 0.2) is 0 Å². The van der Waals surface area contributed by atoms with E-state index in [-0.39, 0.29) is 12.1 Å². The van der Waals surface area contributed by atoms with E-state index in [9.17, 15) is 4.79 Å². The molecule has 0 aromatic rings. The largest absolute Gasteiger partial charge is 0.458 e. The van der Waals surface area contributed by atoms with Gasteiger partial charge in [-0.1, -0.05) is 31.1 Å². The van der Waals surface area contributed by atoms with Crippen molar-refractivity contribution in [1.29, 1.82) is 0 Å². The minimum atomic E-state index is -0.167. The molecule has 0 amide bonds. The van der Waals surface area contributed by atoms with Gasteiger partial charge in [0.25, 0.3) is 0 Å². The van der Waals surface area contributed by atoms with Gasteiger partial charge in [0, 0.05) is 6.92 Å². The first kappa shape index (κ1) is 14.4. The number of hydrogen-bond acceptors (Lipinski definition) is 2. The van der Waals surface area contributed by atoms with Gasteiger partial charge in [-0.2, -0.15) is 0 Å². The summed E-state index contributed by atoms with van der Waals surface area (Å²) in [5, 5.41) is 0. The summed E-state index contributed by atoms with van der Waals surface area (Å²) in [5.74, 6) is 1.84. The van der Waals surface area contributed by atoms with Crippen molar-refractivity contribution < 1.29 is 9.53 Å². The minimum absolute atomic E-state index is 0.0169. The van der Waals surface area contributed by atoms with Gasteiger partial charge < -0.3 is 4.74 Å². The second-order valence-electron chi connectivity index (χ2n) is 6.22. The number of ether oxygens (including phenoxy) is 1. The average Bonchev–Trinajstić information content (AvgIpc) is 2.68. The summed E-state index contributed by atoms with van der Waals surface area (Å²) in [6.07, 6.45) is 9.13. The van der Waals surface area contributed by atoms with Crippen LogP contribution >= 0.6 is 0 Å². The fraction of sp³-hybridized carbons (Fsp3) is 0.706. The molecule has 0 aliphatic heterocycles. The molecule has 0 aromatic carbocycles. The van der Waals surface area contributed by atoms with Gasteiger partial charge in [0.05, 0.1) is 0 Å². The number of carbonyl (C=O) groups excluding carboxylic acids is 1. The molecule has 2 heteroatoms. The molecule has 106 valence electrons. The van der Waals surface area contributed by atoms with Crippen molar-refractivity contribution in [2.45, 2.75) is 59.5 Å². The molecular weight excluding hydrogens is 236 g/mol. The molecule has 1 saturated carbocycles. The zero-order chi connectivity index (χ0) is 14.0. The molecule has 0 N–H and O–H groups in total. The third-order valence-electron chi connectivity index (χ3n) is 4.68. The number of hydrogen-bond donors (Lipinski definition) is 0. The highest BCUT2D eigenvalue weighted by molar-refractivity contribution is 5.66.